The lowest BCUT2D eigenvalue weighted by Crippen LogP contribution is -2.40. The number of benzene rings is 2. The van der Waals surface area contributed by atoms with Gasteiger partial charge >= 0.3 is 0 Å². The maximum absolute atomic E-state index is 12.4. The molecule has 1 aliphatic rings. The second-order valence-electron chi connectivity index (χ2n) is 6.02. The molecule has 5 nitrogen and oxygen atoms in total. The summed E-state index contributed by atoms with van der Waals surface area (Å²) in [6.07, 6.45) is 1.14. The van der Waals surface area contributed by atoms with E-state index in [0.717, 1.165) is 5.56 Å². The first kappa shape index (κ1) is 17.2. The highest BCUT2D eigenvalue weighted by Crippen LogP contribution is 2.13. The summed E-state index contributed by atoms with van der Waals surface area (Å²) in [6.45, 7) is 2.41. The van der Waals surface area contributed by atoms with Crippen molar-refractivity contribution in [2.45, 2.75) is 12.8 Å². The van der Waals surface area contributed by atoms with Gasteiger partial charge in [0.1, 0.15) is 0 Å². The Labute approximate surface area is 147 Å². The Morgan fingerprint density at radius 2 is 1.64 bits per heavy atom. The van der Waals surface area contributed by atoms with Gasteiger partial charge in [0.15, 0.2) is 0 Å². The van der Waals surface area contributed by atoms with Crippen molar-refractivity contribution in [1.29, 1.82) is 0 Å². The first-order chi connectivity index (χ1) is 12.2. The van der Waals surface area contributed by atoms with Crippen molar-refractivity contribution in [2.75, 3.05) is 31.6 Å². The Bertz CT molecular complexity index is 707. The Morgan fingerprint density at radius 3 is 2.32 bits per heavy atom. The fourth-order valence-electron chi connectivity index (χ4n) is 2.77. The summed E-state index contributed by atoms with van der Waals surface area (Å²) in [4.78, 5) is 26.2. The van der Waals surface area contributed by atoms with Gasteiger partial charge in [-0.1, -0.05) is 30.3 Å². The summed E-state index contributed by atoms with van der Waals surface area (Å²) in [6, 6.07) is 17.0. The van der Waals surface area contributed by atoms with Gasteiger partial charge in [0.25, 0.3) is 5.91 Å². The molecule has 0 spiro atoms. The zero-order valence-corrected chi connectivity index (χ0v) is 14.1. The summed E-state index contributed by atoms with van der Waals surface area (Å²) in [5, 5.41) is 2.87. The van der Waals surface area contributed by atoms with Crippen LogP contribution in [0.4, 0.5) is 5.69 Å². The molecule has 1 aliphatic heterocycles. The Hall–Kier alpha value is -2.66. The zero-order chi connectivity index (χ0) is 17.5. The van der Waals surface area contributed by atoms with Gasteiger partial charge in [0.05, 0.1) is 13.2 Å². The van der Waals surface area contributed by atoms with Crippen LogP contribution in [0.15, 0.2) is 54.6 Å². The van der Waals surface area contributed by atoms with Crippen LogP contribution in [-0.4, -0.2) is 43.0 Å². The van der Waals surface area contributed by atoms with E-state index in [1.54, 1.807) is 29.2 Å². The van der Waals surface area contributed by atoms with E-state index in [4.69, 9.17) is 4.74 Å². The third-order valence-corrected chi connectivity index (χ3v) is 4.20. The predicted octanol–water partition coefficient (Wildman–Crippen LogP) is 2.73. The summed E-state index contributed by atoms with van der Waals surface area (Å²) in [7, 11) is 0. The van der Waals surface area contributed by atoms with Crippen molar-refractivity contribution in [3.63, 3.8) is 0 Å². The van der Waals surface area contributed by atoms with Crippen LogP contribution in [0.3, 0.4) is 0 Å². The van der Waals surface area contributed by atoms with Crippen molar-refractivity contribution < 1.29 is 14.3 Å². The SMILES string of the molecule is O=C(CCc1ccccc1)Nc1ccc(C(=O)N2CCOCC2)cc1. The minimum Gasteiger partial charge on any atom is -0.378 e. The Balaban J connectivity index is 1.51. The minimum atomic E-state index is -0.0314. The van der Waals surface area contributed by atoms with E-state index < -0.39 is 0 Å². The molecule has 2 aromatic carbocycles. The number of carbonyl (C=O) groups is 2. The number of carbonyl (C=O) groups excluding carboxylic acids is 2. The largest absolute Gasteiger partial charge is 0.378 e. The highest BCUT2D eigenvalue weighted by atomic mass is 16.5. The number of anilines is 1. The normalized spacial score (nSPS) is 14.2. The second kappa shape index (κ2) is 8.44. The highest BCUT2D eigenvalue weighted by Gasteiger charge is 2.18. The third-order valence-electron chi connectivity index (χ3n) is 4.20. The van der Waals surface area contributed by atoms with Gasteiger partial charge in [-0.25, -0.2) is 0 Å². The van der Waals surface area contributed by atoms with Crippen LogP contribution >= 0.6 is 0 Å². The lowest BCUT2D eigenvalue weighted by molar-refractivity contribution is -0.116. The molecule has 0 radical (unpaired) electrons. The fraction of sp³-hybridized carbons (Fsp3) is 0.300. The molecule has 130 valence electrons. The van der Waals surface area contributed by atoms with Gasteiger partial charge in [0.2, 0.25) is 5.91 Å². The number of hydrogen-bond acceptors (Lipinski definition) is 3. The Morgan fingerprint density at radius 1 is 0.960 bits per heavy atom. The molecule has 1 saturated heterocycles. The van der Waals surface area contributed by atoms with Crippen LogP contribution in [0.1, 0.15) is 22.3 Å². The summed E-state index contributed by atoms with van der Waals surface area (Å²) in [5.41, 5.74) is 2.48. The average Bonchev–Trinajstić information content (AvgIpc) is 2.68. The quantitative estimate of drug-likeness (QED) is 0.912. The molecule has 5 heteroatoms. The van der Waals surface area contributed by atoms with Crippen LogP contribution in [-0.2, 0) is 16.0 Å². The molecule has 3 rings (SSSR count). The topological polar surface area (TPSA) is 58.6 Å². The van der Waals surface area contributed by atoms with Crippen molar-refractivity contribution >= 4 is 17.5 Å². The predicted molar refractivity (Wildman–Crippen MR) is 96.6 cm³/mol. The maximum Gasteiger partial charge on any atom is 0.254 e. The van der Waals surface area contributed by atoms with E-state index in [1.165, 1.54) is 0 Å². The number of morpholine rings is 1. The van der Waals surface area contributed by atoms with Gasteiger partial charge in [0, 0.05) is 30.8 Å². The monoisotopic (exact) mass is 338 g/mol. The molecule has 1 heterocycles. The van der Waals surface area contributed by atoms with Gasteiger partial charge in [-0.15, -0.1) is 0 Å². The lowest BCUT2D eigenvalue weighted by atomic mass is 10.1. The number of rotatable bonds is 5. The van der Waals surface area contributed by atoms with Crippen LogP contribution in [0.2, 0.25) is 0 Å². The molecular weight excluding hydrogens is 316 g/mol. The van der Waals surface area contributed by atoms with Crippen LogP contribution in [0.5, 0.6) is 0 Å². The molecule has 0 saturated carbocycles. The highest BCUT2D eigenvalue weighted by molar-refractivity contribution is 5.95. The van der Waals surface area contributed by atoms with Gasteiger partial charge in [-0.05, 0) is 36.2 Å². The van der Waals surface area contributed by atoms with E-state index in [1.807, 2.05) is 30.3 Å². The lowest BCUT2D eigenvalue weighted by Gasteiger charge is -2.26. The molecule has 25 heavy (non-hydrogen) atoms. The molecule has 0 unspecified atom stereocenters. The maximum atomic E-state index is 12.4. The van der Waals surface area contributed by atoms with E-state index in [-0.39, 0.29) is 11.8 Å². The van der Waals surface area contributed by atoms with Crippen molar-refractivity contribution in [3.8, 4) is 0 Å². The smallest absolute Gasteiger partial charge is 0.254 e. The second-order valence-corrected chi connectivity index (χ2v) is 6.02. The number of nitrogens with zero attached hydrogens (tertiary/aromatic N) is 1. The zero-order valence-electron chi connectivity index (χ0n) is 14.1. The molecule has 1 fully saturated rings. The molecular formula is C20H22N2O3. The van der Waals surface area contributed by atoms with Gasteiger partial charge in [-0.2, -0.15) is 0 Å². The molecule has 2 amide bonds. The van der Waals surface area contributed by atoms with Crippen LogP contribution < -0.4 is 5.32 Å². The van der Waals surface area contributed by atoms with E-state index in [0.29, 0.717) is 50.4 Å². The standard InChI is InChI=1S/C20H22N2O3/c23-19(11-6-16-4-2-1-3-5-16)21-18-9-7-17(8-10-18)20(24)22-12-14-25-15-13-22/h1-5,7-10H,6,11-15H2,(H,21,23). The third kappa shape index (κ3) is 4.90. The molecule has 0 atom stereocenters. The Kier molecular flexibility index (Phi) is 5.80. The number of hydrogen-bond donors (Lipinski definition) is 1. The van der Waals surface area contributed by atoms with E-state index in [9.17, 15) is 9.59 Å². The van der Waals surface area contributed by atoms with Crippen molar-refractivity contribution in [2.24, 2.45) is 0 Å². The van der Waals surface area contributed by atoms with Crippen molar-refractivity contribution in [1.82, 2.24) is 4.90 Å². The molecule has 2 aromatic rings. The number of aryl methyl sites for hydroxylation is 1. The number of amides is 2. The van der Waals surface area contributed by atoms with Crippen LogP contribution in [0.25, 0.3) is 0 Å². The van der Waals surface area contributed by atoms with E-state index >= 15 is 0 Å². The molecule has 0 aliphatic carbocycles. The molecule has 1 N–H and O–H groups in total. The summed E-state index contributed by atoms with van der Waals surface area (Å²) in [5.74, 6) is -0.0265. The number of ether oxygens (including phenoxy) is 1. The summed E-state index contributed by atoms with van der Waals surface area (Å²) < 4.78 is 5.26. The van der Waals surface area contributed by atoms with Gasteiger partial charge in [-0.3, -0.25) is 9.59 Å². The van der Waals surface area contributed by atoms with Crippen molar-refractivity contribution in [3.05, 3.63) is 65.7 Å². The van der Waals surface area contributed by atoms with Crippen LogP contribution in [0, 0.1) is 0 Å². The minimum absolute atomic E-state index is 0.00486. The fourth-order valence-corrected chi connectivity index (χ4v) is 2.77. The first-order valence-corrected chi connectivity index (χ1v) is 8.53. The summed E-state index contributed by atoms with van der Waals surface area (Å²) >= 11 is 0. The molecule has 0 aromatic heterocycles. The first-order valence-electron chi connectivity index (χ1n) is 8.53. The molecule has 0 bridgehead atoms. The average molecular weight is 338 g/mol. The van der Waals surface area contributed by atoms with Gasteiger partial charge < -0.3 is 15.0 Å². The van der Waals surface area contributed by atoms with E-state index in [2.05, 4.69) is 5.32 Å². The number of nitrogens with one attached hydrogen (secondary N) is 1.